The molecule has 0 aromatic heterocycles. The molecule has 1 aliphatic rings. The number of ether oxygens (including phenoxy) is 1. The van der Waals surface area contributed by atoms with Gasteiger partial charge in [0.1, 0.15) is 0 Å². The molecule has 1 saturated heterocycles. The molecule has 0 atom stereocenters. The molecule has 1 aromatic rings. The van der Waals surface area contributed by atoms with Gasteiger partial charge in [0.05, 0.1) is 17.8 Å². The molecule has 0 amide bonds. The van der Waals surface area contributed by atoms with Crippen LogP contribution in [0.5, 0.6) is 0 Å². The molecule has 0 saturated carbocycles. The van der Waals surface area contributed by atoms with E-state index in [0.29, 0.717) is 0 Å². The molecule has 0 spiro atoms. The topological polar surface area (TPSA) is 27.7 Å². The molecule has 2 rings (SSSR count). The Morgan fingerprint density at radius 2 is 1.70 bits per heavy atom. The highest BCUT2D eigenvalue weighted by Gasteiger charge is 2.51. The van der Waals surface area contributed by atoms with Gasteiger partial charge >= 0.3 is 7.12 Å². The van der Waals surface area contributed by atoms with E-state index in [0.717, 1.165) is 18.5 Å². The average molecular weight is 276 g/mol. The minimum absolute atomic E-state index is 0.281. The number of hydrogen-bond acceptors (Lipinski definition) is 3. The standard InChI is InChI=1S/C16H25BO3/c1-12-11-13(9-10-18-6)7-8-14(12)17-19-15(2,3)16(4,5)20-17/h7-8,11H,9-10H2,1-6H3. The second kappa shape index (κ2) is 5.51. The Hall–Kier alpha value is -0.835. The molecular weight excluding hydrogens is 251 g/mol. The van der Waals surface area contributed by atoms with Crippen LogP contribution in [0.1, 0.15) is 38.8 Å². The van der Waals surface area contributed by atoms with Gasteiger partial charge in [0.15, 0.2) is 0 Å². The zero-order valence-corrected chi connectivity index (χ0v) is 13.4. The predicted octanol–water partition coefficient (Wildman–Crippen LogP) is 2.48. The molecule has 20 heavy (non-hydrogen) atoms. The van der Waals surface area contributed by atoms with E-state index >= 15 is 0 Å². The summed E-state index contributed by atoms with van der Waals surface area (Å²) >= 11 is 0. The van der Waals surface area contributed by atoms with Gasteiger partial charge in [-0.2, -0.15) is 0 Å². The molecule has 0 aliphatic carbocycles. The van der Waals surface area contributed by atoms with E-state index in [1.807, 2.05) is 0 Å². The van der Waals surface area contributed by atoms with Crippen LogP contribution in [0.4, 0.5) is 0 Å². The van der Waals surface area contributed by atoms with Crippen LogP contribution < -0.4 is 5.46 Å². The molecule has 1 heterocycles. The molecule has 4 heteroatoms. The monoisotopic (exact) mass is 276 g/mol. The summed E-state index contributed by atoms with van der Waals surface area (Å²) in [4.78, 5) is 0. The molecule has 0 unspecified atom stereocenters. The minimum Gasteiger partial charge on any atom is -0.399 e. The maximum atomic E-state index is 6.11. The van der Waals surface area contributed by atoms with E-state index in [1.54, 1.807) is 7.11 Å². The lowest BCUT2D eigenvalue weighted by molar-refractivity contribution is 0.00578. The fraction of sp³-hybridized carbons (Fsp3) is 0.625. The van der Waals surface area contributed by atoms with Crippen molar-refractivity contribution in [1.82, 2.24) is 0 Å². The van der Waals surface area contributed by atoms with Gasteiger partial charge in [-0.15, -0.1) is 0 Å². The lowest BCUT2D eigenvalue weighted by Crippen LogP contribution is -2.41. The summed E-state index contributed by atoms with van der Waals surface area (Å²) in [5.41, 5.74) is 3.02. The first-order chi connectivity index (χ1) is 9.27. The summed E-state index contributed by atoms with van der Waals surface area (Å²) in [6.45, 7) is 11.2. The smallest absolute Gasteiger partial charge is 0.399 e. The third-order valence-corrected chi connectivity index (χ3v) is 4.44. The fourth-order valence-corrected chi connectivity index (χ4v) is 2.35. The van der Waals surface area contributed by atoms with Gasteiger partial charge in [-0.3, -0.25) is 0 Å². The quantitative estimate of drug-likeness (QED) is 0.791. The molecule has 1 aromatic carbocycles. The number of methoxy groups -OCH3 is 1. The first kappa shape index (κ1) is 15.6. The molecule has 1 fully saturated rings. The summed E-state index contributed by atoms with van der Waals surface area (Å²) in [5, 5.41) is 0. The van der Waals surface area contributed by atoms with Crippen molar-refractivity contribution in [1.29, 1.82) is 0 Å². The van der Waals surface area contributed by atoms with Crippen LogP contribution in [0, 0.1) is 6.92 Å². The molecular formula is C16H25BO3. The van der Waals surface area contributed by atoms with E-state index in [2.05, 4.69) is 52.8 Å². The van der Waals surface area contributed by atoms with E-state index in [1.165, 1.54) is 11.1 Å². The van der Waals surface area contributed by atoms with Crippen LogP contribution in [0.3, 0.4) is 0 Å². The van der Waals surface area contributed by atoms with E-state index in [-0.39, 0.29) is 18.3 Å². The number of hydrogen-bond donors (Lipinski definition) is 0. The van der Waals surface area contributed by atoms with Crippen LogP contribution in [0.15, 0.2) is 18.2 Å². The van der Waals surface area contributed by atoms with Crippen LogP contribution in [-0.4, -0.2) is 32.0 Å². The Kier molecular flexibility index (Phi) is 4.28. The number of benzene rings is 1. The molecule has 0 N–H and O–H groups in total. The maximum absolute atomic E-state index is 6.11. The second-order valence-electron chi connectivity index (χ2n) is 6.52. The van der Waals surface area contributed by atoms with Crippen molar-refractivity contribution in [2.75, 3.05) is 13.7 Å². The lowest BCUT2D eigenvalue weighted by atomic mass is 9.75. The van der Waals surface area contributed by atoms with E-state index in [9.17, 15) is 0 Å². The Labute approximate surface area is 122 Å². The van der Waals surface area contributed by atoms with Gasteiger partial charge < -0.3 is 14.0 Å². The van der Waals surface area contributed by atoms with Gasteiger partial charge in [0.2, 0.25) is 0 Å². The van der Waals surface area contributed by atoms with Crippen LogP contribution in [-0.2, 0) is 20.5 Å². The van der Waals surface area contributed by atoms with Crippen molar-refractivity contribution in [3.8, 4) is 0 Å². The van der Waals surface area contributed by atoms with Crippen LogP contribution >= 0.6 is 0 Å². The molecule has 110 valence electrons. The third-order valence-electron chi connectivity index (χ3n) is 4.44. The van der Waals surface area contributed by atoms with Gasteiger partial charge in [-0.1, -0.05) is 23.8 Å². The molecule has 1 aliphatic heterocycles. The highest BCUT2D eigenvalue weighted by molar-refractivity contribution is 6.62. The SMILES string of the molecule is COCCc1ccc(B2OC(C)(C)C(C)(C)O2)c(C)c1. The lowest BCUT2D eigenvalue weighted by Gasteiger charge is -2.32. The Morgan fingerprint density at radius 3 is 2.20 bits per heavy atom. The normalized spacial score (nSPS) is 20.4. The highest BCUT2D eigenvalue weighted by Crippen LogP contribution is 2.36. The first-order valence-corrected chi connectivity index (χ1v) is 7.21. The summed E-state index contributed by atoms with van der Waals surface area (Å²) < 4.78 is 17.3. The van der Waals surface area contributed by atoms with Crippen LogP contribution in [0.2, 0.25) is 0 Å². The number of aryl methyl sites for hydroxylation is 1. The van der Waals surface area contributed by atoms with Gasteiger partial charge in [0, 0.05) is 7.11 Å². The predicted molar refractivity (Wildman–Crippen MR) is 82.5 cm³/mol. The second-order valence-corrected chi connectivity index (χ2v) is 6.52. The average Bonchev–Trinajstić information content (AvgIpc) is 2.55. The largest absolute Gasteiger partial charge is 0.495 e. The number of rotatable bonds is 4. The van der Waals surface area contributed by atoms with Crippen molar-refractivity contribution in [3.05, 3.63) is 29.3 Å². The maximum Gasteiger partial charge on any atom is 0.495 e. The summed E-state index contributed by atoms with van der Waals surface area (Å²) in [6, 6.07) is 6.44. The molecule has 3 nitrogen and oxygen atoms in total. The molecule has 0 bridgehead atoms. The van der Waals surface area contributed by atoms with Gasteiger partial charge in [-0.05, 0) is 52.1 Å². The van der Waals surface area contributed by atoms with Crippen molar-refractivity contribution in [2.24, 2.45) is 0 Å². The zero-order valence-electron chi connectivity index (χ0n) is 13.4. The molecule has 0 radical (unpaired) electrons. The Morgan fingerprint density at radius 1 is 1.10 bits per heavy atom. The highest BCUT2D eigenvalue weighted by atomic mass is 16.7. The van der Waals surface area contributed by atoms with Crippen molar-refractivity contribution >= 4 is 12.6 Å². The van der Waals surface area contributed by atoms with Gasteiger partial charge in [-0.25, -0.2) is 0 Å². The summed E-state index contributed by atoms with van der Waals surface area (Å²) in [5.74, 6) is 0. The zero-order chi connectivity index (χ0) is 15.0. The Bertz CT molecular complexity index is 467. The van der Waals surface area contributed by atoms with Gasteiger partial charge in [0.25, 0.3) is 0 Å². The van der Waals surface area contributed by atoms with Crippen molar-refractivity contribution < 1.29 is 14.0 Å². The summed E-state index contributed by atoms with van der Waals surface area (Å²) in [6.07, 6.45) is 0.932. The van der Waals surface area contributed by atoms with Crippen LogP contribution in [0.25, 0.3) is 0 Å². The van der Waals surface area contributed by atoms with Crippen molar-refractivity contribution in [2.45, 2.75) is 52.2 Å². The first-order valence-electron chi connectivity index (χ1n) is 7.21. The minimum atomic E-state index is -0.293. The van der Waals surface area contributed by atoms with E-state index < -0.39 is 0 Å². The fourth-order valence-electron chi connectivity index (χ4n) is 2.35. The Balaban J connectivity index is 2.19. The van der Waals surface area contributed by atoms with Crippen molar-refractivity contribution in [3.63, 3.8) is 0 Å². The van der Waals surface area contributed by atoms with E-state index in [4.69, 9.17) is 14.0 Å². The third kappa shape index (κ3) is 2.92. The summed E-state index contributed by atoms with van der Waals surface area (Å²) in [7, 11) is 1.45.